The highest BCUT2D eigenvalue weighted by atomic mass is 16.5. The van der Waals surface area contributed by atoms with E-state index in [0.717, 1.165) is 0 Å². The van der Waals surface area contributed by atoms with Gasteiger partial charge in [0, 0.05) is 6.08 Å². The molecule has 0 unspecified atom stereocenters. The van der Waals surface area contributed by atoms with Crippen LogP contribution < -0.4 is 0 Å². The summed E-state index contributed by atoms with van der Waals surface area (Å²) in [6, 6.07) is 3.44. The van der Waals surface area contributed by atoms with Crippen LogP contribution in [0, 0.1) is 0 Å². The number of hydrogen-bond acceptors (Lipinski definition) is 4. The number of aliphatic hydroxyl groups is 1. The van der Waals surface area contributed by atoms with E-state index in [-0.39, 0.29) is 13.2 Å². The number of furan rings is 1. The van der Waals surface area contributed by atoms with Crippen molar-refractivity contribution >= 4 is 12.0 Å². The van der Waals surface area contributed by atoms with E-state index in [4.69, 9.17) is 9.52 Å². The Morgan fingerprint density at radius 1 is 1.69 bits per heavy atom. The molecular weight excluding hydrogens is 172 g/mol. The number of carbonyl (C=O) groups is 1. The van der Waals surface area contributed by atoms with E-state index in [1.807, 2.05) is 0 Å². The molecule has 0 fully saturated rings. The highest BCUT2D eigenvalue weighted by Gasteiger charge is 1.95. The molecule has 1 aromatic heterocycles. The summed E-state index contributed by atoms with van der Waals surface area (Å²) in [5, 5.41) is 8.35. The monoisotopic (exact) mass is 182 g/mol. The number of hydrogen-bond donors (Lipinski definition) is 1. The first kappa shape index (κ1) is 9.54. The Kier molecular flexibility index (Phi) is 3.78. The van der Waals surface area contributed by atoms with Gasteiger partial charge >= 0.3 is 5.97 Å². The predicted molar refractivity (Wildman–Crippen MR) is 45.8 cm³/mol. The zero-order valence-corrected chi connectivity index (χ0v) is 6.97. The maximum Gasteiger partial charge on any atom is 0.330 e. The zero-order valence-electron chi connectivity index (χ0n) is 6.97. The van der Waals surface area contributed by atoms with E-state index in [1.165, 1.54) is 18.4 Å². The van der Waals surface area contributed by atoms with Crippen molar-refractivity contribution in [3.05, 3.63) is 30.2 Å². The van der Waals surface area contributed by atoms with Gasteiger partial charge in [-0.25, -0.2) is 4.79 Å². The first-order chi connectivity index (χ1) is 6.33. The van der Waals surface area contributed by atoms with Gasteiger partial charge in [0.25, 0.3) is 0 Å². The van der Waals surface area contributed by atoms with Gasteiger partial charge in [-0.3, -0.25) is 0 Å². The second-order valence-electron chi connectivity index (χ2n) is 2.24. The Balaban J connectivity index is 2.35. The summed E-state index contributed by atoms with van der Waals surface area (Å²) in [5.74, 6) is 0.0893. The van der Waals surface area contributed by atoms with E-state index in [2.05, 4.69) is 4.74 Å². The summed E-state index contributed by atoms with van der Waals surface area (Å²) < 4.78 is 9.52. The number of aliphatic hydroxyl groups excluding tert-OH is 1. The van der Waals surface area contributed by atoms with Crippen molar-refractivity contribution in [3.8, 4) is 0 Å². The largest absolute Gasteiger partial charge is 0.465 e. The van der Waals surface area contributed by atoms with Crippen LogP contribution in [0.4, 0.5) is 0 Å². The maximum absolute atomic E-state index is 10.8. The zero-order chi connectivity index (χ0) is 9.52. The molecule has 0 aliphatic carbocycles. The van der Waals surface area contributed by atoms with Crippen molar-refractivity contribution in [1.29, 1.82) is 0 Å². The molecule has 0 saturated heterocycles. The molecule has 0 aliphatic rings. The van der Waals surface area contributed by atoms with E-state index in [1.54, 1.807) is 12.1 Å². The van der Waals surface area contributed by atoms with Gasteiger partial charge in [-0.05, 0) is 18.2 Å². The van der Waals surface area contributed by atoms with Crippen LogP contribution in [0.25, 0.3) is 6.08 Å². The molecule has 0 spiro atoms. The minimum absolute atomic E-state index is 0.0152. The topological polar surface area (TPSA) is 59.7 Å². The van der Waals surface area contributed by atoms with Gasteiger partial charge in [0.15, 0.2) is 0 Å². The van der Waals surface area contributed by atoms with Crippen LogP contribution >= 0.6 is 0 Å². The summed E-state index contributed by atoms with van der Waals surface area (Å²) >= 11 is 0. The summed E-state index contributed by atoms with van der Waals surface area (Å²) in [6.45, 7) is -0.151. The predicted octanol–water partition coefficient (Wildman–Crippen LogP) is 0.828. The van der Waals surface area contributed by atoms with Crippen LogP contribution in [0.15, 0.2) is 28.9 Å². The third kappa shape index (κ3) is 3.57. The molecule has 0 bridgehead atoms. The fourth-order valence-corrected chi connectivity index (χ4v) is 0.731. The minimum atomic E-state index is -0.495. The number of rotatable bonds is 4. The molecule has 1 rings (SSSR count). The molecule has 0 radical (unpaired) electrons. The second kappa shape index (κ2) is 5.16. The normalized spacial score (nSPS) is 10.5. The lowest BCUT2D eigenvalue weighted by Gasteiger charge is -1.95. The summed E-state index contributed by atoms with van der Waals surface area (Å²) in [7, 11) is 0. The van der Waals surface area contributed by atoms with Crippen molar-refractivity contribution in [1.82, 2.24) is 0 Å². The third-order valence-electron chi connectivity index (χ3n) is 1.26. The smallest absolute Gasteiger partial charge is 0.330 e. The highest BCUT2D eigenvalue weighted by molar-refractivity contribution is 5.86. The molecule has 1 aromatic rings. The second-order valence-corrected chi connectivity index (χ2v) is 2.24. The van der Waals surface area contributed by atoms with Crippen LogP contribution in [0.1, 0.15) is 5.76 Å². The van der Waals surface area contributed by atoms with Crippen molar-refractivity contribution in [3.63, 3.8) is 0 Å². The summed E-state index contributed by atoms with van der Waals surface area (Å²) in [6.07, 6.45) is 4.26. The molecule has 0 aliphatic heterocycles. The molecule has 4 nitrogen and oxygen atoms in total. The van der Waals surface area contributed by atoms with Gasteiger partial charge in [-0.15, -0.1) is 0 Å². The molecule has 0 saturated carbocycles. The molecule has 4 heteroatoms. The molecule has 13 heavy (non-hydrogen) atoms. The lowest BCUT2D eigenvalue weighted by molar-refractivity contribution is -0.138. The van der Waals surface area contributed by atoms with Gasteiger partial charge < -0.3 is 14.3 Å². The molecule has 70 valence electrons. The lowest BCUT2D eigenvalue weighted by Crippen LogP contribution is -2.04. The van der Waals surface area contributed by atoms with Gasteiger partial charge in [0.1, 0.15) is 12.4 Å². The molecular formula is C9H10O4. The van der Waals surface area contributed by atoms with Gasteiger partial charge in [-0.1, -0.05) is 0 Å². The van der Waals surface area contributed by atoms with Gasteiger partial charge in [-0.2, -0.15) is 0 Å². The minimum Gasteiger partial charge on any atom is -0.465 e. The Morgan fingerprint density at radius 2 is 2.54 bits per heavy atom. The Hall–Kier alpha value is -1.55. The molecule has 0 aromatic carbocycles. The van der Waals surface area contributed by atoms with Crippen LogP contribution in [0.2, 0.25) is 0 Å². The number of ether oxygens (including phenoxy) is 1. The summed E-state index contributed by atoms with van der Waals surface area (Å²) in [4.78, 5) is 10.8. The third-order valence-corrected chi connectivity index (χ3v) is 1.26. The quantitative estimate of drug-likeness (QED) is 0.553. The number of carbonyl (C=O) groups excluding carboxylic acids is 1. The average Bonchev–Trinajstić information content (AvgIpc) is 2.64. The standard InChI is InChI=1S/C9H10O4/c10-5-7-13-9(11)4-3-8-2-1-6-12-8/h1-4,6,10H,5,7H2/b4-3+. The Bertz CT molecular complexity index is 274. The van der Waals surface area contributed by atoms with E-state index >= 15 is 0 Å². The van der Waals surface area contributed by atoms with Crippen LogP contribution in [0.3, 0.4) is 0 Å². The van der Waals surface area contributed by atoms with Crippen molar-refractivity contribution in [2.75, 3.05) is 13.2 Å². The molecule has 1 N–H and O–H groups in total. The number of esters is 1. The van der Waals surface area contributed by atoms with Crippen LogP contribution in [-0.2, 0) is 9.53 Å². The molecule has 1 heterocycles. The fraction of sp³-hybridized carbons (Fsp3) is 0.222. The van der Waals surface area contributed by atoms with E-state index < -0.39 is 5.97 Å². The molecule has 0 amide bonds. The van der Waals surface area contributed by atoms with Crippen LogP contribution in [-0.4, -0.2) is 24.3 Å². The first-order valence-electron chi connectivity index (χ1n) is 3.82. The fourth-order valence-electron chi connectivity index (χ4n) is 0.731. The van der Waals surface area contributed by atoms with Gasteiger partial charge in [0.05, 0.1) is 12.9 Å². The summed E-state index contributed by atoms with van der Waals surface area (Å²) in [5.41, 5.74) is 0. The Morgan fingerprint density at radius 3 is 3.15 bits per heavy atom. The molecule has 0 atom stereocenters. The highest BCUT2D eigenvalue weighted by Crippen LogP contribution is 2.01. The Labute approximate surface area is 75.4 Å². The average molecular weight is 182 g/mol. The van der Waals surface area contributed by atoms with Crippen LogP contribution in [0.5, 0.6) is 0 Å². The maximum atomic E-state index is 10.8. The lowest BCUT2D eigenvalue weighted by atomic mass is 10.4. The first-order valence-corrected chi connectivity index (χ1v) is 3.82. The van der Waals surface area contributed by atoms with E-state index in [9.17, 15) is 4.79 Å². The SMILES string of the molecule is O=C(/C=C/c1ccco1)OCCO. The van der Waals surface area contributed by atoms with E-state index in [0.29, 0.717) is 5.76 Å². The van der Waals surface area contributed by atoms with Crippen molar-refractivity contribution < 1.29 is 19.1 Å². The van der Waals surface area contributed by atoms with Crippen molar-refractivity contribution in [2.24, 2.45) is 0 Å². The van der Waals surface area contributed by atoms with Gasteiger partial charge in [0.2, 0.25) is 0 Å². The van der Waals surface area contributed by atoms with Crippen molar-refractivity contribution in [2.45, 2.75) is 0 Å².